The quantitative estimate of drug-likeness (QED) is 0.673. The summed E-state index contributed by atoms with van der Waals surface area (Å²) in [6.45, 7) is 0. The number of hydrogen-bond acceptors (Lipinski definition) is 5. The van der Waals surface area contributed by atoms with Crippen LogP contribution in [0.1, 0.15) is 30.4 Å². The van der Waals surface area contributed by atoms with E-state index in [-0.39, 0.29) is 16.6 Å². The number of benzene rings is 2. The summed E-state index contributed by atoms with van der Waals surface area (Å²) in [7, 11) is 4.67. The molecule has 1 aliphatic rings. The van der Waals surface area contributed by atoms with Crippen molar-refractivity contribution in [1.29, 1.82) is 0 Å². The average Bonchev–Trinajstić information content (AvgIpc) is 2.72. The lowest BCUT2D eigenvalue weighted by Gasteiger charge is -2.17. The Morgan fingerprint density at radius 2 is 1.48 bits per heavy atom. The van der Waals surface area contributed by atoms with Gasteiger partial charge in [-0.1, -0.05) is 17.7 Å². The van der Waals surface area contributed by atoms with Crippen molar-refractivity contribution in [3.63, 3.8) is 0 Å². The van der Waals surface area contributed by atoms with Crippen LogP contribution in [0.4, 0.5) is 0 Å². The molecule has 1 N–H and O–H groups in total. The number of aromatic hydroxyl groups is 1. The first kappa shape index (κ1) is 20.8. The molecule has 2 aromatic carbocycles. The highest BCUT2D eigenvalue weighted by molar-refractivity contribution is 6.32. The first-order chi connectivity index (χ1) is 14.0. The third kappa shape index (κ3) is 4.57. The maximum atomic E-state index is 13.0. The maximum Gasteiger partial charge on any atom is 0.203 e. The normalized spacial score (nSPS) is 16.9. The Kier molecular flexibility index (Phi) is 6.49. The van der Waals surface area contributed by atoms with Gasteiger partial charge in [0.05, 0.1) is 26.4 Å². The number of carbonyl (C=O) groups is 1. The van der Waals surface area contributed by atoms with Crippen LogP contribution in [-0.4, -0.2) is 32.2 Å². The van der Waals surface area contributed by atoms with Crippen LogP contribution in [0.3, 0.4) is 0 Å². The van der Waals surface area contributed by atoms with Crippen LogP contribution in [0.2, 0.25) is 5.02 Å². The zero-order chi connectivity index (χ0) is 21.0. The molecule has 1 fully saturated rings. The molecule has 0 amide bonds. The molecule has 0 unspecified atom stereocenters. The van der Waals surface area contributed by atoms with Crippen LogP contribution in [0.5, 0.6) is 23.0 Å². The molecule has 0 spiro atoms. The molecule has 1 saturated carbocycles. The minimum atomic E-state index is 0.00852. The second kappa shape index (κ2) is 9.05. The summed E-state index contributed by atoms with van der Waals surface area (Å²) in [5.41, 5.74) is 3.03. The molecule has 1 aliphatic carbocycles. The predicted molar refractivity (Wildman–Crippen MR) is 114 cm³/mol. The molecule has 6 heteroatoms. The summed E-state index contributed by atoms with van der Waals surface area (Å²) in [5, 5.41) is 9.83. The van der Waals surface area contributed by atoms with Crippen molar-refractivity contribution >= 4 is 29.5 Å². The van der Waals surface area contributed by atoms with Gasteiger partial charge >= 0.3 is 0 Å². The third-order valence-corrected chi connectivity index (χ3v) is 5.12. The van der Waals surface area contributed by atoms with Gasteiger partial charge in [0.25, 0.3) is 0 Å². The third-order valence-electron chi connectivity index (χ3n) is 4.82. The molecule has 152 valence electrons. The monoisotopic (exact) mass is 414 g/mol. The Labute approximate surface area is 175 Å². The number of rotatable bonds is 5. The standard InChI is InChI=1S/C23H23ClO5/c1-27-20-12-15(13-21(28-2)23(20)29-3)10-17-6-4-5-16(22(17)26)9-14-7-8-19(25)18(24)11-14/h7-13,25H,4-6H2,1-3H3/b16-9+,17-10+. The lowest BCUT2D eigenvalue weighted by atomic mass is 9.87. The number of carbonyl (C=O) groups excluding carboxylic acids is 1. The molecule has 2 aromatic rings. The van der Waals surface area contributed by atoms with Crippen molar-refractivity contribution in [3.05, 3.63) is 57.6 Å². The molecular weight excluding hydrogens is 392 g/mol. The number of allylic oxidation sites excluding steroid dienone is 2. The Hall–Kier alpha value is -2.92. The molecule has 29 heavy (non-hydrogen) atoms. The fourth-order valence-electron chi connectivity index (χ4n) is 3.38. The smallest absolute Gasteiger partial charge is 0.203 e. The highest BCUT2D eigenvalue weighted by Crippen LogP contribution is 2.39. The zero-order valence-electron chi connectivity index (χ0n) is 16.6. The topological polar surface area (TPSA) is 65.0 Å². The van der Waals surface area contributed by atoms with E-state index in [9.17, 15) is 9.90 Å². The molecule has 0 aromatic heterocycles. The lowest BCUT2D eigenvalue weighted by molar-refractivity contribution is -0.112. The molecule has 0 atom stereocenters. The van der Waals surface area contributed by atoms with Gasteiger partial charge in [0.2, 0.25) is 5.75 Å². The van der Waals surface area contributed by atoms with E-state index in [1.165, 1.54) is 6.07 Å². The SMILES string of the molecule is COc1cc(/C=C2\CCC/C(=C\c3ccc(O)c(Cl)c3)C2=O)cc(OC)c1OC. The summed E-state index contributed by atoms with van der Waals surface area (Å²) >= 11 is 5.98. The summed E-state index contributed by atoms with van der Waals surface area (Å²) in [6.07, 6.45) is 5.96. The largest absolute Gasteiger partial charge is 0.506 e. The molecule has 0 heterocycles. The van der Waals surface area contributed by atoms with E-state index in [1.807, 2.05) is 24.3 Å². The van der Waals surface area contributed by atoms with Gasteiger partial charge in [-0.25, -0.2) is 0 Å². The highest BCUT2D eigenvalue weighted by Gasteiger charge is 2.21. The Balaban J connectivity index is 1.95. The Bertz CT molecular complexity index is 966. The summed E-state index contributed by atoms with van der Waals surface area (Å²) in [6, 6.07) is 8.54. The van der Waals surface area contributed by atoms with Crippen LogP contribution in [0.25, 0.3) is 12.2 Å². The van der Waals surface area contributed by atoms with Crippen molar-refractivity contribution in [2.45, 2.75) is 19.3 Å². The Morgan fingerprint density at radius 1 is 0.897 bits per heavy atom. The molecule has 0 aliphatic heterocycles. The number of Topliss-reactive ketones (excluding diaryl/α,β-unsaturated/α-hetero) is 1. The van der Waals surface area contributed by atoms with Gasteiger partial charge in [-0.05, 0) is 66.8 Å². The highest BCUT2D eigenvalue weighted by atomic mass is 35.5. The molecule has 0 radical (unpaired) electrons. The van der Waals surface area contributed by atoms with Crippen LogP contribution in [0.15, 0.2) is 41.5 Å². The van der Waals surface area contributed by atoms with Gasteiger partial charge in [0.1, 0.15) is 5.75 Å². The minimum Gasteiger partial charge on any atom is -0.506 e. The van der Waals surface area contributed by atoms with Crippen LogP contribution < -0.4 is 14.2 Å². The number of ether oxygens (including phenoxy) is 3. The van der Waals surface area contributed by atoms with Crippen molar-refractivity contribution in [2.24, 2.45) is 0 Å². The number of hydrogen-bond donors (Lipinski definition) is 1. The zero-order valence-corrected chi connectivity index (χ0v) is 17.4. The summed E-state index contributed by atoms with van der Waals surface area (Å²) in [5.74, 6) is 1.62. The van der Waals surface area contributed by atoms with E-state index >= 15 is 0 Å². The van der Waals surface area contributed by atoms with Gasteiger partial charge in [0, 0.05) is 11.1 Å². The molecule has 0 saturated heterocycles. The summed E-state index contributed by atoms with van der Waals surface area (Å²) < 4.78 is 16.1. The summed E-state index contributed by atoms with van der Waals surface area (Å²) in [4.78, 5) is 13.0. The van der Waals surface area contributed by atoms with Crippen molar-refractivity contribution in [2.75, 3.05) is 21.3 Å². The predicted octanol–water partition coefficient (Wildman–Crippen LogP) is 5.29. The van der Waals surface area contributed by atoms with E-state index in [1.54, 1.807) is 33.5 Å². The van der Waals surface area contributed by atoms with Crippen LogP contribution in [0, 0.1) is 0 Å². The van der Waals surface area contributed by atoms with Crippen LogP contribution in [-0.2, 0) is 4.79 Å². The van der Waals surface area contributed by atoms with Crippen molar-refractivity contribution in [3.8, 4) is 23.0 Å². The molecule has 0 bridgehead atoms. The second-order valence-corrected chi connectivity index (χ2v) is 7.10. The lowest BCUT2D eigenvalue weighted by Crippen LogP contribution is -2.12. The maximum absolute atomic E-state index is 13.0. The number of phenols is 1. The molecule has 3 rings (SSSR count). The van der Waals surface area contributed by atoms with Gasteiger partial charge in [-0.15, -0.1) is 0 Å². The average molecular weight is 415 g/mol. The van der Waals surface area contributed by atoms with Crippen LogP contribution >= 0.6 is 11.6 Å². The van der Waals surface area contributed by atoms with E-state index in [0.29, 0.717) is 30.1 Å². The van der Waals surface area contributed by atoms with E-state index in [4.69, 9.17) is 25.8 Å². The van der Waals surface area contributed by atoms with Gasteiger partial charge in [0.15, 0.2) is 17.3 Å². The first-order valence-electron chi connectivity index (χ1n) is 9.21. The Morgan fingerprint density at radius 3 is 2.00 bits per heavy atom. The number of halogens is 1. The van der Waals surface area contributed by atoms with E-state index in [0.717, 1.165) is 28.7 Å². The van der Waals surface area contributed by atoms with E-state index in [2.05, 4.69) is 0 Å². The molecular formula is C23H23ClO5. The minimum absolute atomic E-state index is 0.00852. The fourth-order valence-corrected chi connectivity index (χ4v) is 3.57. The number of phenolic OH excluding ortho intramolecular Hbond substituents is 1. The second-order valence-electron chi connectivity index (χ2n) is 6.69. The first-order valence-corrected chi connectivity index (χ1v) is 9.59. The van der Waals surface area contributed by atoms with Gasteiger partial charge in [-0.3, -0.25) is 4.79 Å². The number of methoxy groups -OCH3 is 3. The fraction of sp³-hybridized carbons (Fsp3) is 0.261. The van der Waals surface area contributed by atoms with Crippen molar-refractivity contribution < 1.29 is 24.1 Å². The number of ketones is 1. The van der Waals surface area contributed by atoms with Gasteiger partial charge in [-0.2, -0.15) is 0 Å². The van der Waals surface area contributed by atoms with E-state index < -0.39 is 0 Å². The van der Waals surface area contributed by atoms with Gasteiger partial charge < -0.3 is 19.3 Å². The molecule has 5 nitrogen and oxygen atoms in total. The van der Waals surface area contributed by atoms with Crippen molar-refractivity contribution in [1.82, 2.24) is 0 Å².